The van der Waals surface area contributed by atoms with Crippen LogP contribution in [0.15, 0.2) is 53.2 Å². The fraction of sp³-hybridized carbons (Fsp3) is 0.269. The highest BCUT2D eigenvalue weighted by molar-refractivity contribution is 6.05. The zero-order valence-corrected chi connectivity index (χ0v) is 19.7. The highest BCUT2D eigenvalue weighted by atomic mass is 16.5. The lowest BCUT2D eigenvalue weighted by Gasteiger charge is -2.19. The number of fused-ring (bicyclic) bond motifs is 3. The number of nitrogens with zero attached hydrogens (tertiary/aromatic N) is 4. The van der Waals surface area contributed by atoms with Crippen molar-refractivity contribution in [3.63, 3.8) is 0 Å². The van der Waals surface area contributed by atoms with Crippen molar-refractivity contribution in [3.8, 4) is 16.9 Å². The Morgan fingerprint density at radius 1 is 1.15 bits per heavy atom. The Kier molecular flexibility index (Phi) is 5.67. The zero-order chi connectivity index (χ0) is 23.8. The molecule has 0 saturated carbocycles. The molecule has 0 aliphatic heterocycles. The van der Waals surface area contributed by atoms with Gasteiger partial charge in [0.1, 0.15) is 17.0 Å². The number of imidazole rings is 1. The fourth-order valence-corrected chi connectivity index (χ4v) is 4.59. The zero-order valence-electron chi connectivity index (χ0n) is 19.7. The van der Waals surface area contributed by atoms with Gasteiger partial charge in [-0.1, -0.05) is 35.5 Å². The Bertz CT molecular complexity index is 1450. The number of rotatable bonds is 7. The highest BCUT2D eigenvalue weighted by Gasteiger charge is 2.23. The number of anilines is 1. The molecule has 0 spiro atoms. The number of aliphatic hydroxyl groups excluding tert-OH is 1. The number of aliphatic hydroxyl groups is 1. The van der Waals surface area contributed by atoms with Crippen molar-refractivity contribution in [2.75, 3.05) is 25.6 Å². The van der Waals surface area contributed by atoms with E-state index in [1.54, 1.807) is 13.3 Å². The number of ether oxygens (including phenoxy) is 1. The average Bonchev–Trinajstić information content (AvgIpc) is 3.40. The Morgan fingerprint density at radius 3 is 2.62 bits per heavy atom. The first-order chi connectivity index (χ1) is 16.5. The van der Waals surface area contributed by atoms with Crippen LogP contribution >= 0.6 is 0 Å². The monoisotopic (exact) mass is 457 g/mol. The molecule has 1 unspecified atom stereocenters. The van der Waals surface area contributed by atoms with Crippen LogP contribution in [0.25, 0.3) is 33.1 Å². The molecule has 3 heterocycles. The normalized spacial score (nSPS) is 12.4. The summed E-state index contributed by atoms with van der Waals surface area (Å²) in [5, 5.41) is 17.7. The van der Waals surface area contributed by atoms with Crippen LogP contribution in [0.1, 0.15) is 30.0 Å². The molecule has 174 valence electrons. The summed E-state index contributed by atoms with van der Waals surface area (Å²) in [6, 6.07) is 14.3. The molecule has 5 aromatic rings. The predicted octanol–water partition coefficient (Wildman–Crippen LogP) is 4.88. The summed E-state index contributed by atoms with van der Waals surface area (Å²) in [5.41, 5.74) is 6.29. The minimum Gasteiger partial charge on any atom is -0.496 e. The molecule has 3 aromatic heterocycles. The summed E-state index contributed by atoms with van der Waals surface area (Å²) in [6.45, 7) is 6.36. The molecular weight excluding hydrogens is 430 g/mol. The van der Waals surface area contributed by atoms with Gasteiger partial charge in [-0.2, -0.15) is 0 Å². The Balaban J connectivity index is 1.80. The topological polar surface area (TPSA) is 98.2 Å². The Hall–Kier alpha value is -3.91. The van der Waals surface area contributed by atoms with Gasteiger partial charge in [-0.05, 0) is 38.5 Å². The van der Waals surface area contributed by atoms with Gasteiger partial charge in [0.05, 0.1) is 48.2 Å². The van der Waals surface area contributed by atoms with Crippen LogP contribution in [-0.2, 0) is 0 Å². The van der Waals surface area contributed by atoms with Crippen LogP contribution in [0.3, 0.4) is 0 Å². The van der Waals surface area contributed by atoms with Crippen molar-refractivity contribution in [3.05, 3.63) is 65.7 Å². The quantitative estimate of drug-likeness (QED) is 0.359. The number of methoxy groups -OCH3 is 1. The smallest absolute Gasteiger partial charge is 0.204 e. The van der Waals surface area contributed by atoms with Gasteiger partial charge in [0.15, 0.2) is 0 Å². The molecule has 0 bridgehead atoms. The van der Waals surface area contributed by atoms with E-state index in [0.29, 0.717) is 18.2 Å². The van der Waals surface area contributed by atoms with Crippen LogP contribution in [0.4, 0.5) is 5.95 Å². The van der Waals surface area contributed by atoms with E-state index in [-0.39, 0.29) is 12.6 Å². The van der Waals surface area contributed by atoms with Crippen molar-refractivity contribution < 1.29 is 14.4 Å². The van der Waals surface area contributed by atoms with E-state index in [0.717, 1.165) is 50.1 Å². The van der Waals surface area contributed by atoms with Crippen molar-refractivity contribution in [1.29, 1.82) is 0 Å². The molecule has 2 aromatic carbocycles. The Morgan fingerprint density at radius 2 is 1.94 bits per heavy atom. The maximum atomic E-state index is 9.41. The molecule has 0 amide bonds. The van der Waals surface area contributed by atoms with E-state index in [9.17, 15) is 5.11 Å². The molecule has 5 rings (SSSR count). The summed E-state index contributed by atoms with van der Waals surface area (Å²) in [4.78, 5) is 9.54. The molecule has 0 aliphatic rings. The highest BCUT2D eigenvalue weighted by Crippen LogP contribution is 2.40. The van der Waals surface area contributed by atoms with E-state index in [1.165, 1.54) is 0 Å². The van der Waals surface area contributed by atoms with Crippen molar-refractivity contribution >= 4 is 27.9 Å². The van der Waals surface area contributed by atoms with E-state index in [1.807, 2.05) is 44.2 Å². The van der Waals surface area contributed by atoms with Gasteiger partial charge in [0.2, 0.25) is 5.95 Å². The molecule has 0 fully saturated rings. The van der Waals surface area contributed by atoms with Gasteiger partial charge >= 0.3 is 0 Å². The van der Waals surface area contributed by atoms with Crippen LogP contribution in [0.5, 0.6) is 5.75 Å². The lowest BCUT2D eigenvalue weighted by molar-refractivity contribution is 0.310. The van der Waals surface area contributed by atoms with Crippen LogP contribution in [-0.4, -0.2) is 45.1 Å². The third-order valence-corrected chi connectivity index (χ3v) is 6.20. The second-order valence-electron chi connectivity index (χ2n) is 8.30. The summed E-state index contributed by atoms with van der Waals surface area (Å²) in [5.74, 6) is 2.12. The average molecular weight is 458 g/mol. The van der Waals surface area contributed by atoms with Gasteiger partial charge in [0, 0.05) is 17.5 Å². The van der Waals surface area contributed by atoms with Gasteiger partial charge < -0.3 is 24.3 Å². The minimum atomic E-state index is -0.00812. The van der Waals surface area contributed by atoms with Gasteiger partial charge in [0.25, 0.3) is 0 Å². The maximum absolute atomic E-state index is 9.41. The molecule has 8 heteroatoms. The second kappa shape index (κ2) is 8.79. The van der Waals surface area contributed by atoms with E-state index >= 15 is 0 Å². The number of aromatic nitrogens is 4. The number of benzene rings is 2. The summed E-state index contributed by atoms with van der Waals surface area (Å²) >= 11 is 0. The number of pyridine rings is 1. The van der Waals surface area contributed by atoms with Crippen molar-refractivity contribution in [2.24, 2.45) is 0 Å². The summed E-state index contributed by atoms with van der Waals surface area (Å²) < 4.78 is 13.4. The summed E-state index contributed by atoms with van der Waals surface area (Å²) in [7, 11) is 1.66. The minimum absolute atomic E-state index is 0.00812. The lowest BCUT2D eigenvalue weighted by Crippen LogP contribution is -2.14. The first kappa shape index (κ1) is 21.9. The second-order valence-corrected chi connectivity index (χ2v) is 8.30. The van der Waals surface area contributed by atoms with Crippen LogP contribution < -0.4 is 10.1 Å². The molecule has 34 heavy (non-hydrogen) atoms. The first-order valence-electron chi connectivity index (χ1n) is 11.2. The number of hydrogen-bond acceptors (Lipinski definition) is 7. The lowest BCUT2D eigenvalue weighted by atomic mass is 10.00. The Labute approximate surface area is 197 Å². The molecule has 1 atom stereocenters. The molecule has 0 aliphatic carbocycles. The van der Waals surface area contributed by atoms with Crippen LogP contribution in [0, 0.1) is 13.8 Å². The van der Waals surface area contributed by atoms with Crippen molar-refractivity contribution in [2.45, 2.75) is 26.8 Å². The molecule has 0 radical (unpaired) electrons. The predicted molar refractivity (Wildman–Crippen MR) is 132 cm³/mol. The fourth-order valence-electron chi connectivity index (χ4n) is 4.59. The third kappa shape index (κ3) is 3.56. The van der Waals surface area contributed by atoms with E-state index in [4.69, 9.17) is 19.2 Å². The first-order valence-corrected chi connectivity index (χ1v) is 11.2. The van der Waals surface area contributed by atoms with E-state index < -0.39 is 0 Å². The van der Waals surface area contributed by atoms with Crippen molar-refractivity contribution in [1.82, 2.24) is 19.7 Å². The summed E-state index contributed by atoms with van der Waals surface area (Å²) in [6.07, 6.45) is 1.79. The van der Waals surface area contributed by atoms with Crippen LogP contribution in [0.2, 0.25) is 0 Å². The molecular formula is C26H27N5O3. The maximum Gasteiger partial charge on any atom is 0.204 e. The SMILES string of the molecule is COc1cc2c(cc1-c1c(C)noc1C)ncc1nc(NCCO)n(C(C)c3ccccc3)c12. The van der Waals surface area contributed by atoms with Gasteiger partial charge in [-0.25, -0.2) is 4.98 Å². The molecule has 8 nitrogen and oxygen atoms in total. The largest absolute Gasteiger partial charge is 0.496 e. The van der Waals surface area contributed by atoms with Gasteiger partial charge in [-0.3, -0.25) is 4.98 Å². The van der Waals surface area contributed by atoms with E-state index in [2.05, 4.69) is 34.1 Å². The standard InChI is InChI=1S/C26H27N5O3/c1-15-24(17(3)34-30-15)20-12-21-19(13-23(20)33-4)25-22(14-28-21)29-26(27-10-11-32)31(25)16(2)18-8-6-5-7-9-18/h5-9,12-14,16,32H,10-11H2,1-4H3,(H,27,29). The number of hydrogen-bond donors (Lipinski definition) is 2. The number of aryl methyl sites for hydroxylation is 2. The molecule has 0 saturated heterocycles. The molecule has 2 N–H and O–H groups in total. The van der Waals surface area contributed by atoms with Gasteiger partial charge in [-0.15, -0.1) is 0 Å². The number of nitrogens with one attached hydrogen (secondary N) is 1. The third-order valence-electron chi connectivity index (χ3n) is 6.20.